The van der Waals surface area contributed by atoms with E-state index in [1.54, 1.807) is 0 Å². The van der Waals surface area contributed by atoms with E-state index in [2.05, 4.69) is 25.1 Å². The second-order valence-corrected chi connectivity index (χ2v) is 3.32. The number of terminal acetylenes is 1. The summed E-state index contributed by atoms with van der Waals surface area (Å²) in [5, 5.41) is 3.18. The lowest BCUT2D eigenvalue weighted by molar-refractivity contribution is 0.317. The standard InChI is InChI=1S/C9H15NO/c1-5-7(4)10-9-8(11-9)6(2)3/h1,6-10H,2-4H3. The molecule has 3 unspecified atom stereocenters. The fraction of sp³-hybridized carbons (Fsp3) is 0.778. The third-order valence-corrected chi connectivity index (χ3v) is 1.85. The van der Waals surface area contributed by atoms with Gasteiger partial charge in [-0.2, -0.15) is 0 Å². The van der Waals surface area contributed by atoms with Gasteiger partial charge in [0.05, 0.1) is 6.04 Å². The second-order valence-electron chi connectivity index (χ2n) is 3.32. The third kappa shape index (κ3) is 2.21. The van der Waals surface area contributed by atoms with E-state index >= 15 is 0 Å². The molecule has 1 N–H and O–H groups in total. The molecule has 0 aliphatic carbocycles. The van der Waals surface area contributed by atoms with Crippen molar-refractivity contribution >= 4 is 0 Å². The van der Waals surface area contributed by atoms with E-state index in [9.17, 15) is 0 Å². The Labute approximate surface area is 68.3 Å². The summed E-state index contributed by atoms with van der Waals surface area (Å²) in [5.74, 6) is 3.19. The van der Waals surface area contributed by atoms with Crippen molar-refractivity contribution in [1.82, 2.24) is 5.32 Å². The highest BCUT2D eigenvalue weighted by Gasteiger charge is 2.41. The van der Waals surface area contributed by atoms with Gasteiger partial charge in [-0.15, -0.1) is 6.42 Å². The lowest BCUT2D eigenvalue weighted by atomic mass is 10.1. The van der Waals surface area contributed by atoms with Crippen molar-refractivity contribution in [3.05, 3.63) is 0 Å². The first-order valence-electron chi connectivity index (χ1n) is 4.02. The van der Waals surface area contributed by atoms with E-state index < -0.39 is 0 Å². The number of ether oxygens (including phenoxy) is 1. The van der Waals surface area contributed by atoms with Crippen molar-refractivity contribution in [3.8, 4) is 12.3 Å². The van der Waals surface area contributed by atoms with Crippen LogP contribution in [0, 0.1) is 18.3 Å². The van der Waals surface area contributed by atoms with Gasteiger partial charge in [0, 0.05) is 0 Å². The zero-order chi connectivity index (χ0) is 8.43. The van der Waals surface area contributed by atoms with Crippen molar-refractivity contribution in [3.63, 3.8) is 0 Å². The first-order chi connectivity index (χ1) is 5.15. The van der Waals surface area contributed by atoms with Gasteiger partial charge >= 0.3 is 0 Å². The predicted molar refractivity (Wildman–Crippen MR) is 44.9 cm³/mol. The lowest BCUT2D eigenvalue weighted by Gasteiger charge is -2.03. The molecule has 0 aromatic heterocycles. The molecule has 1 saturated heterocycles. The van der Waals surface area contributed by atoms with Crippen molar-refractivity contribution in [2.75, 3.05) is 0 Å². The first-order valence-corrected chi connectivity index (χ1v) is 4.02. The Balaban J connectivity index is 2.19. The molecule has 2 nitrogen and oxygen atoms in total. The molecule has 0 radical (unpaired) electrons. The van der Waals surface area contributed by atoms with Gasteiger partial charge in [0.25, 0.3) is 0 Å². The Kier molecular flexibility index (Phi) is 2.53. The summed E-state index contributed by atoms with van der Waals surface area (Å²) in [5.41, 5.74) is 0. The molecule has 1 heterocycles. The molecule has 0 saturated carbocycles. The minimum atomic E-state index is 0.115. The summed E-state index contributed by atoms with van der Waals surface area (Å²) in [7, 11) is 0. The summed E-state index contributed by atoms with van der Waals surface area (Å²) >= 11 is 0. The predicted octanol–water partition coefficient (Wildman–Crippen LogP) is 0.979. The molecule has 0 bridgehead atoms. The Bertz CT molecular complexity index is 171. The number of epoxide rings is 1. The highest BCUT2D eigenvalue weighted by molar-refractivity contribution is 4.99. The van der Waals surface area contributed by atoms with Crippen LogP contribution >= 0.6 is 0 Å². The minimum Gasteiger partial charge on any atom is -0.353 e. The van der Waals surface area contributed by atoms with Crippen LogP contribution in [0.15, 0.2) is 0 Å². The van der Waals surface area contributed by atoms with Crippen LogP contribution in [0.3, 0.4) is 0 Å². The maximum absolute atomic E-state index is 5.34. The zero-order valence-electron chi connectivity index (χ0n) is 7.29. The average molecular weight is 153 g/mol. The smallest absolute Gasteiger partial charge is 0.136 e. The summed E-state index contributed by atoms with van der Waals surface area (Å²) in [4.78, 5) is 0. The van der Waals surface area contributed by atoms with Crippen molar-refractivity contribution in [1.29, 1.82) is 0 Å². The van der Waals surface area contributed by atoms with E-state index in [-0.39, 0.29) is 12.3 Å². The fourth-order valence-electron chi connectivity index (χ4n) is 1.06. The van der Waals surface area contributed by atoms with E-state index in [0.29, 0.717) is 12.0 Å². The van der Waals surface area contributed by atoms with Gasteiger partial charge < -0.3 is 4.74 Å². The summed E-state index contributed by atoms with van der Waals surface area (Å²) in [6, 6.07) is 0.115. The van der Waals surface area contributed by atoms with Crippen molar-refractivity contribution in [2.45, 2.75) is 39.1 Å². The van der Waals surface area contributed by atoms with Crippen LogP contribution in [0.2, 0.25) is 0 Å². The van der Waals surface area contributed by atoms with Gasteiger partial charge in [-0.3, -0.25) is 5.32 Å². The normalized spacial score (nSPS) is 31.5. The van der Waals surface area contributed by atoms with Crippen LogP contribution in [0.5, 0.6) is 0 Å². The maximum atomic E-state index is 5.34. The Morgan fingerprint density at radius 2 is 2.09 bits per heavy atom. The van der Waals surface area contributed by atoms with Crippen LogP contribution in [0.25, 0.3) is 0 Å². The largest absolute Gasteiger partial charge is 0.353 e. The van der Waals surface area contributed by atoms with E-state index in [4.69, 9.17) is 11.2 Å². The van der Waals surface area contributed by atoms with Gasteiger partial charge in [0.2, 0.25) is 0 Å². The molecule has 0 amide bonds. The van der Waals surface area contributed by atoms with Crippen LogP contribution in [-0.4, -0.2) is 18.4 Å². The van der Waals surface area contributed by atoms with Gasteiger partial charge in [-0.05, 0) is 12.8 Å². The highest BCUT2D eigenvalue weighted by Crippen LogP contribution is 2.26. The molecule has 11 heavy (non-hydrogen) atoms. The van der Waals surface area contributed by atoms with Crippen LogP contribution in [-0.2, 0) is 4.74 Å². The van der Waals surface area contributed by atoms with E-state index in [0.717, 1.165) is 0 Å². The number of nitrogens with one attached hydrogen (secondary N) is 1. The van der Waals surface area contributed by atoms with Gasteiger partial charge in [-0.1, -0.05) is 19.8 Å². The van der Waals surface area contributed by atoms with Gasteiger partial charge in [0.1, 0.15) is 12.3 Å². The molecule has 62 valence electrons. The summed E-state index contributed by atoms with van der Waals surface area (Å²) in [6.07, 6.45) is 5.76. The van der Waals surface area contributed by atoms with E-state index in [1.807, 2.05) is 6.92 Å². The summed E-state index contributed by atoms with van der Waals surface area (Å²) < 4.78 is 5.34. The molecule has 0 spiro atoms. The molecule has 1 aliphatic rings. The molecule has 1 rings (SSSR count). The molecular formula is C9H15NO. The Morgan fingerprint density at radius 1 is 1.45 bits per heavy atom. The third-order valence-electron chi connectivity index (χ3n) is 1.85. The Hall–Kier alpha value is -0.520. The first kappa shape index (κ1) is 8.58. The monoisotopic (exact) mass is 153 g/mol. The molecule has 3 atom stereocenters. The minimum absolute atomic E-state index is 0.115. The molecule has 0 aromatic carbocycles. The van der Waals surface area contributed by atoms with Gasteiger partial charge in [-0.25, -0.2) is 0 Å². The molecule has 0 aromatic rings. The summed E-state index contributed by atoms with van der Waals surface area (Å²) in [6.45, 7) is 6.25. The fourth-order valence-corrected chi connectivity index (χ4v) is 1.06. The second kappa shape index (κ2) is 3.25. The van der Waals surface area contributed by atoms with Crippen molar-refractivity contribution in [2.24, 2.45) is 5.92 Å². The SMILES string of the molecule is C#CC(C)NC1OC1C(C)C. The van der Waals surface area contributed by atoms with Crippen LogP contribution in [0.1, 0.15) is 20.8 Å². The number of hydrogen-bond acceptors (Lipinski definition) is 2. The molecule has 2 heteroatoms. The van der Waals surface area contributed by atoms with Crippen LogP contribution < -0.4 is 5.32 Å². The van der Waals surface area contributed by atoms with E-state index in [1.165, 1.54) is 0 Å². The van der Waals surface area contributed by atoms with Gasteiger partial charge in [0.15, 0.2) is 0 Å². The number of rotatable bonds is 3. The molecule has 1 aliphatic heterocycles. The maximum Gasteiger partial charge on any atom is 0.136 e. The zero-order valence-corrected chi connectivity index (χ0v) is 7.29. The van der Waals surface area contributed by atoms with Crippen LogP contribution in [0.4, 0.5) is 0 Å². The topological polar surface area (TPSA) is 24.6 Å². The number of hydrogen-bond donors (Lipinski definition) is 1. The lowest BCUT2D eigenvalue weighted by Crippen LogP contribution is -2.29. The highest BCUT2D eigenvalue weighted by atomic mass is 16.6. The molecular weight excluding hydrogens is 138 g/mol. The Morgan fingerprint density at radius 3 is 2.45 bits per heavy atom. The van der Waals surface area contributed by atoms with Crippen molar-refractivity contribution < 1.29 is 4.74 Å². The quantitative estimate of drug-likeness (QED) is 0.483. The average Bonchev–Trinajstić information content (AvgIpc) is 2.67. The molecule has 1 fully saturated rings.